The summed E-state index contributed by atoms with van der Waals surface area (Å²) in [7, 11) is 0. The lowest BCUT2D eigenvalue weighted by molar-refractivity contribution is 1.07. The first-order valence-electron chi connectivity index (χ1n) is 3.73. The van der Waals surface area contributed by atoms with E-state index >= 15 is 0 Å². The molecule has 13 heavy (non-hydrogen) atoms. The van der Waals surface area contributed by atoms with E-state index in [-0.39, 0.29) is 0 Å². The van der Waals surface area contributed by atoms with E-state index in [1.807, 2.05) is 30.3 Å². The first-order valence-corrected chi connectivity index (χ1v) is 4.90. The van der Waals surface area contributed by atoms with Gasteiger partial charge in [0.15, 0.2) is 0 Å². The number of aromatic amines is 1. The van der Waals surface area contributed by atoms with Gasteiger partial charge in [-0.2, -0.15) is 5.10 Å². The summed E-state index contributed by atoms with van der Waals surface area (Å²) in [6, 6.07) is 9.53. The third-order valence-corrected chi connectivity index (χ3v) is 2.45. The molecule has 0 unspecified atom stereocenters. The van der Waals surface area contributed by atoms with Gasteiger partial charge in [0.25, 0.3) is 0 Å². The molecule has 0 fully saturated rings. The van der Waals surface area contributed by atoms with Gasteiger partial charge in [0.05, 0.1) is 5.69 Å². The fraction of sp³-hybridized carbons (Fsp3) is 0. The predicted octanol–water partition coefficient (Wildman–Crippen LogP) is 3.49. The summed E-state index contributed by atoms with van der Waals surface area (Å²) in [5.74, 6) is 0. The zero-order valence-corrected chi connectivity index (χ0v) is 8.93. The number of aromatic nitrogens is 2. The second kappa shape index (κ2) is 3.52. The molecule has 2 aromatic rings. The number of nitrogens with zero attached hydrogens (tertiary/aromatic N) is 1. The zero-order valence-electron chi connectivity index (χ0n) is 6.59. The smallest absolute Gasteiger partial charge is 0.128 e. The Bertz CT molecular complexity index is 425. The Labute approximate surface area is 89.1 Å². The van der Waals surface area contributed by atoms with Crippen molar-refractivity contribution in [3.8, 4) is 11.3 Å². The molecule has 66 valence electrons. The molecule has 0 saturated carbocycles. The van der Waals surface area contributed by atoms with E-state index in [0.717, 1.165) is 20.9 Å². The van der Waals surface area contributed by atoms with Crippen LogP contribution in [0.3, 0.4) is 0 Å². The molecule has 0 aliphatic rings. The van der Waals surface area contributed by atoms with E-state index in [2.05, 4.69) is 26.1 Å². The molecule has 0 radical (unpaired) electrons. The van der Waals surface area contributed by atoms with Gasteiger partial charge in [-0.1, -0.05) is 29.8 Å². The number of nitrogens with one attached hydrogen (secondary N) is 1. The number of hydrogen-bond acceptors (Lipinski definition) is 1. The molecule has 1 heterocycles. The average molecular weight is 258 g/mol. The molecule has 0 amide bonds. The molecule has 2 rings (SSSR count). The van der Waals surface area contributed by atoms with E-state index in [1.165, 1.54) is 0 Å². The molecule has 0 spiro atoms. The van der Waals surface area contributed by atoms with Crippen LogP contribution in [0.2, 0.25) is 5.02 Å². The Morgan fingerprint density at radius 2 is 2.08 bits per heavy atom. The Morgan fingerprint density at radius 1 is 1.31 bits per heavy atom. The number of benzene rings is 1. The maximum atomic E-state index is 6.00. The lowest BCUT2D eigenvalue weighted by atomic mass is 10.2. The van der Waals surface area contributed by atoms with Crippen LogP contribution in [0.1, 0.15) is 0 Å². The molecule has 2 nitrogen and oxygen atoms in total. The van der Waals surface area contributed by atoms with Gasteiger partial charge in [-0.15, -0.1) is 0 Å². The Hall–Kier alpha value is -0.800. The lowest BCUT2D eigenvalue weighted by Gasteiger charge is -1.98. The molecule has 1 aromatic carbocycles. The van der Waals surface area contributed by atoms with E-state index in [9.17, 15) is 0 Å². The SMILES string of the molecule is Clc1ccccc1-c1cc(Br)n[nH]1. The Morgan fingerprint density at radius 3 is 2.69 bits per heavy atom. The molecular weight excluding hydrogens is 251 g/mol. The van der Waals surface area contributed by atoms with Crippen molar-refractivity contribution < 1.29 is 0 Å². The van der Waals surface area contributed by atoms with Crippen LogP contribution >= 0.6 is 27.5 Å². The second-order valence-corrected chi connectivity index (χ2v) is 3.80. The third-order valence-electron chi connectivity index (χ3n) is 1.71. The average Bonchev–Trinajstić information content (AvgIpc) is 2.53. The fourth-order valence-corrected chi connectivity index (χ4v) is 1.67. The van der Waals surface area contributed by atoms with Gasteiger partial charge in [-0.05, 0) is 28.1 Å². The third kappa shape index (κ3) is 1.76. The van der Waals surface area contributed by atoms with Crippen LogP contribution in [0.15, 0.2) is 34.9 Å². The van der Waals surface area contributed by atoms with Gasteiger partial charge in [0.1, 0.15) is 4.60 Å². The molecule has 0 aliphatic carbocycles. The number of hydrogen-bond donors (Lipinski definition) is 1. The minimum atomic E-state index is 0.721. The molecule has 0 aliphatic heterocycles. The highest BCUT2D eigenvalue weighted by Crippen LogP contribution is 2.26. The summed E-state index contributed by atoms with van der Waals surface area (Å²) in [5.41, 5.74) is 1.87. The first kappa shape index (κ1) is 8.78. The number of H-pyrrole nitrogens is 1. The van der Waals surface area contributed by atoms with Gasteiger partial charge in [-0.25, -0.2) is 0 Å². The van der Waals surface area contributed by atoms with Gasteiger partial charge in [-0.3, -0.25) is 5.10 Å². The fourth-order valence-electron chi connectivity index (χ4n) is 1.11. The second-order valence-electron chi connectivity index (χ2n) is 2.58. The molecule has 0 atom stereocenters. The standard InChI is InChI=1S/C9H6BrClN2/c10-9-5-8(12-13-9)6-3-1-2-4-7(6)11/h1-5H,(H,12,13). The maximum Gasteiger partial charge on any atom is 0.128 e. The summed E-state index contributed by atoms with van der Waals surface area (Å²) in [6.07, 6.45) is 0. The first-order chi connectivity index (χ1) is 6.27. The summed E-state index contributed by atoms with van der Waals surface area (Å²) < 4.78 is 0.780. The molecular formula is C9H6BrClN2. The highest BCUT2D eigenvalue weighted by Gasteiger charge is 2.04. The van der Waals surface area contributed by atoms with Gasteiger partial charge in [0, 0.05) is 10.6 Å². The lowest BCUT2D eigenvalue weighted by Crippen LogP contribution is -1.78. The highest BCUT2D eigenvalue weighted by atomic mass is 79.9. The molecule has 0 saturated heterocycles. The number of halogens is 2. The molecule has 1 N–H and O–H groups in total. The normalized spacial score (nSPS) is 10.3. The summed E-state index contributed by atoms with van der Waals surface area (Å²) >= 11 is 9.27. The van der Waals surface area contributed by atoms with Crippen molar-refractivity contribution in [2.75, 3.05) is 0 Å². The summed E-state index contributed by atoms with van der Waals surface area (Å²) in [4.78, 5) is 0. The van der Waals surface area contributed by atoms with Crippen LogP contribution in [0.4, 0.5) is 0 Å². The van der Waals surface area contributed by atoms with Gasteiger partial charge >= 0.3 is 0 Å². The van der Waals surface area contributed by atoms with Crippen molar-refractivity contribution in [3.63, 3.8) is 0 Å². The van der Waals surface area contributed by atoms with Crippen molar-refractivity contribution in [3.05, 3.63) is 40.0 Å². The maximum absolute atomic E-state index is 6.00. The van der Waals surface area contributed by atoms with Crippen LogP contribution in [0.5, 0.6) is 0 Å². The van der Waals surface area contributed by atoms with Gasteiger partial charge < -0.3 is 0 Å². The summed E-state index contributed by atoms with van der Waals surface area (Å²) in [5, 5.41) is 7.57. The van der Waals surface area contributed by atoms with Crippen LogP contribution in [-0.4, -0.2) is 10.2 Å². The van der Waals surface area contributed by atoms with Crippen LogP contribution in [0, 0.1) is 0 Å². The van der Waals surface area contributed by atoms with Crippen molar-refractivity contribution in [2.45, 2.75) is 0 Å². The van der Waals surface area contributed by atoms with Crippen molar-refractivity contribution >= 4 is 27.5 Å². The van der Waals surface area contributed by atoms with E-state index in [1.54, 1.807) is 0 Å². The van der Waals surface area contributed by atoms with Crippen LogP contribution in [-0.2, 0) is 0 Å². The molecule has 4 heteroatoms. The Kier molecular flexibility index (Phi) is 2.38. The predicted molar refractivity (Wildman–Crippen MR) is 56.7 cm³/mol. The highest BCUT2D eigenvalue weighted by molar-refractivity contribution is 9.10. The van der Waals surface area contributed by atoms with E-state index in [4.69, 9.17) is 11.6 Å². The topological polar surface area (TPSA) is 28.7 Å². The van der Waals surface area contributed by atoms with Gasteiger partial charge in [0.2, 0.25) is 0 Å². The summed E-state index contributed by atoms with van der Waals surface area (Å²) in [6.45, 7) is 0. The largest absolute Gasteiger partial charge is 0.277 e. The molecule has 0 bridgehead atoms. The van der Waals surface area contributed by atoms with Crippen LogP contribution in [0.25, 0.3) is 11.3 Å². The minimum Gasteiger partial charge on any atom is -0.277 e. The molecule has 1 aromatic heterocycles. The van der Waals surface area contributed by atoms with Crippen LogP contribution < -0.4 is 0 Å². The minimum absolute atomic E-state index is 0.721. The van der Waals surface area contributed by atoms with Crippen molar-refractivity contribution in [2.24, 2.45) is 0 Å². The number of rotatable bonds is 1. The zero-order chi connectivity index (χ0) is 9.26. The Balaban J connectivity index is 2.52. The van der Waals surface area contributed by atoms with Crippen molar-refractivity contribution in [1.29, 1.82) is 0 Å². The van der Waals surface area contributed by atoms with Crippen molar-refractivity contribution in [1.82, 2.24) is 10.2 Å². The quantitative estimate of drug-likeness (QED) is 0.832. The van der Waals surface area contributed by atoms with E-state index in [0.29, 0.717) is 0 Å². The van der Waals surface area contributed by atoms with E-state index < -0.39 is 0 Å². The monoisotopic (exact) mass is 256 g/mol.